The maximum Gasteiger partial charge on any atom is 0.317 e. The van der Waals surface area contributed by atoms with Gasteiger partial charge < -0.3 is 15.3 Å². The summed E-state index contributed by atoms with van der Waals surface area (Å²) in [6.07, 6.45) is 3.82. The molecule has 1 fully saturated rings. The van der Waals surface area contributed by atoms with Gasteiger partial charge in [0.05, 0.1) is 5.92 Å². The standard InChI is InChI=1S/C13H24N2O3/c1-3-10-5-7-15(8-6-10)13(18)14-9-11(4-2)12(16)17/h10-11H,3-9H2,1-2H3,(H,14,18)(H,16,17). The summed E-state index contributed by atoms with van der Waals surface area (Å²) in [6, 6.07) is -0.121. The van der Waals surface area contributed by atoms with Crippen LogP contribution in [0.25, 0.3) is 0 Å². The molecule has 0 spiro atoms. The molecule has 5 heteroatoms. The van der Waals surface area contributed by atoms with Crippen LogP contribution in [0.3, 0.4) is 0 Å². The van der Waals surface area contributed by atoms with Gasteiger partial charge in [0.15, 0.2) is 0 Å². The van der Waals surface area contributed by atoms with Crippen molar-refractivity contribution in [2.75, 3.05) is 19.6 Å². The Labute approximate surface area is 109 Å². The summed E-state index contributed by atoms with van der Waals surface area (Å²) in [5, 5.41) is 11.6. The molecular formula is C13H24N2O3. The van der Waals surface area contributed by atoms with Crippen molar-refractivity contribution in [3.63, 3.8) is 0 Å². The normalized spacial score (nSPS) is 18.4. The van der Waals surface area contributed by atoms with E-state index in [0.717, 1.165) is 31.8 Å². The van der Waals surface area contributed by atoms with Crippen LogP contribution in [0.5, 0.6) is 0 Å². The molecule has 0 aromatic heterocycles. The summed E-state index contributed by atoms with van der Waals surface area (Å²) in [4.78, 5) is 24.5. The van der Waals surface area contributed by atoms with E-state index in [4.69, 9.17) is 5.11 Å². The van der Waals surface area contributed by atoms with Gasteiger partial charge in [0, 0.05) is 19.6 Å². The number of carboxylic acid groups (broad SMARTS) is 1. The summed E-state index contributed by atoms with van der Waals surface area (Å²) in [5.74, 6) is -0.596. The molecule has 104 valence electrons. The number of amides is 2. The first-order chi connectivity index (χ1) is 8.58. The van der Waals surface area contributed by atoms with Crippen LogP contribution in [0.15, 0.2) is 0 Å². The number of aliphatic carboxylic acids is 1. The monoisotopic (exact) mass is 256 g/mol. The first-order valence-corrected chi connectivity index (χ1v) is 6.84. The number of rotatable bonds is 5. The van der Waals surface area contributed by atoms with Crippen molar-refractivity contribution in [2.45, 2.75) is 39.5 Å². The topological polar surface area (TPSA) is 69.6 Å². The second-order valence-electron chi connectivity index (χ2n) is 4.97. The Morgan fingerprint density at radius 3 is 2.39 bits per heavy atom. The van der Waals surface area contributed by atoms with E-state index in [9.17, 15) is 9.59 Å². The zero-order valence-electron chi connectivity index (χ0n) is 11.3. The van der Waals surface area contributed by atoms with Gasteiger partial charge in [-0.2, -0.15) is 0 Å². The molecule has 0 saturated carbocycles. The van der Waals surface area contributed by atoms with Gasteiger partial charge in [-0.15, -0.1) is 0 Å². The van der Waals surface area contributed by atoms with Crippen molar-refractivity contribution in [3.05, 3.63) is 0 Å². The molecule has 2 amide bonds. The van der Waals surface area contributed by atoms with E-state index >= 15 is 0 Å². The maximum absolute atomic E-state index is 11.9. The summed E-state index contributed by atoms with van der Waals surface area (Å²) in [7, 11) is 0. The molecular weight excluding hydrogens is 232 g/mol. The van der Waals surface area contributed by atoms with Gasteiger partial charge >= 0.3 is 12.0 Å². The quantitative estimate of drug-likeness (QED) is 0.789. The van der Waals surface area contributed by atoms with Gasteiger partial charge in [-0.1, -0.05) is 20.3 Å². The highest BCUT2D eigenvalue weighted by Crippen LogP contribution is 2.19. The molecule has 18 heavy (non-hydrogen) atoms. The molecule has 1 rings (SSSR count). The van der Waals surface area contributed by atoms with Crippen molar-refractivity contribution in [2.24, 2.45) is 11.8 Å². The molecule has 1 aliphatic heterocycles. The van der Waals surface area contributed by atoms with E-state index < -0.39 is 11.9 Å². The van der Waals surface area contributed by atoms with E-state index in [0.29, 0.717) is 6.42 Å². The Hall–Kier alpha value is -1.26. The molecule has 5 nitrogen and oxygen atoms in total. The average molecular weight is 256 g/mol. The van der Waals surface area contributed by atoms with Gasteiger partial charge in [-0.3, -0.25) is 4.79 Å². The number of piperidine rings is 1. The molecule has 0 aromatic carbocycles. The Morgan fingerprint density at radius 1 is 1.33 bits per heavy atom. The van der Waals surface area contributed by atoms with Gasteiger partial charge in [-0.05, 0) is 25.2 Å². The lowest BCUT2D eigenvalue weighted by atomic mass is 9.95. The number of urea groups is 1. The van der Waals surface area contributed by atoms with E-state index in [-0.39, 0.29) is 12.6 Å². The predicted molar refractivity (Wildman–Crippen MR) is 69.4 cm³/mol. The molecule has 1 saturated heterocycles. The Morgan fingerprint density at radius 2 is 1.94 bits per heavy atom. The fourth-order valence-corrected chi connectivity index (χ4v) is 2.27. The van der Waals surface area contributed by atoms with Crippen LogP contribution in [0.4, 0.5) is 4.79 Å². The number of likely N-dealkylation sites (tertiary alicyclic amines) is 1. The molecule has 0 bridgehead atoms. The molecule has 0 aromatic rings. The van der Waals surface area contributed by atoms with E-state index in [1.165, 1.54) is 6.42 Å². The smallest absolute Gasteiger partial charge is 0.317 e. The van der Waals surface area contributed by atoms with Crippen LogP contribution >= 0.6 is 0 Å². The van der Waals surface area contributed by atoms with Crippen LogP contribution in [-0.2, 0) is 4.79 Å². The van der Waals surface area contributed by atoms with Crippen LogP contribution in [0, 0.1) is 11.8 Å². The number of hydrogen-bond donors (Lipinski definition) is 2. The second kappa shape index (κ2) is 7.24. The number of hydrogen-bond acceptors (Lipinski definition) is 2. The fourth-order valence-electron chi connectivity index (χ4n) is 2.27. The lowest BCUT2D eigenvalue weighted by molar-refractivity contribution is -0.141. The molecule has 1 aliphatic rings. The summed E-state index contributed by atoms with van der Waals surface area (Å²) < 4.78 is 0. The van der Waals surface area contributed by atoms with E-state index in [1.54, 1.807) is 4.90 Å². The zero-order chi connectivity index (χ0) is 13.5. The van der Waals surface area contributed by atoms with Crippen LogP contribution in [0.2, 0.25) is 0 Å². The number of carbonyl (C=O) groups is 2. The minimum Gasteiger partial charge on any atom is -0.481 e. The lowest BCUT2D eigenvalue weighted by Gasteiger charge is -2.31. The minimum atomic E-state index is -0.845. The highest BCUT2D eigenvalue weighted by Gasteiger charge is 2.23. The highest BCUT2D eigenvalue weighted by molar-refractivity contribution is 5.76. The SMILES string of the molecule is CCC1CCN(C(=O)NCC(CC)C(=O)O)CC1. The third-order valence-corrected chi connectivity index (χ3v) is 3.82. The molecule has 0 radical (unpaired) electrons. The number of carbonyl (C=O) groups excluding carboxylic acids is 1. The predicted octanol–water partition coefficient (Wildman–Crippen LogP) is 1.93. The summed E-state index contributed by atoms with van der Waals surface area (Å²) in [5.41, 5.74) is 0. The number of nitrogens with zero attached hydrogens (tertiary/aromatic N) is 1. The van der Waals surface area contributed by atoms with E-state index in [1.807, 2.05) is 6.92 Å². The maximum atomic E-state index is 11.9. The summed E-state index contributed by atoms with van der Waals surface area (Å²) in [6.45, 7) is 5.79. The minimum absolute atomic E-state index is 0.121. The van der Waals surface area contributed by atoms with Crippen molar-refractivity contribution in [1.29, 1.82) is 0 Å². The third kappa shape index (κ3) is 4.20. The van der Waals surface area contributed by atoms with Gasteiger partial charge in [-0.25, -0.2) is 4.79 Å². The first kappa shape index (κ1) is 14.8. The molecule has 1 unspecified atom stereocenters. The molecule has 1 heterocycles. The average Bonchev–Trinajstić information content (AvgIpc) is 2.39. The third-order valence-electron chi connectivity index (χ3n) is 3.82. The zero-order valence-corrected chi connectivity index (χ0v) is 11.3. The van der Waals surface area contributed by atoms with Gasteiger partial charge in [0.25, 0.3) is 0 Å². The van der Waals surface area contributed by atoms with Crippen LogP contribution < -0.4 is 5.32 Å². The van der Waals surface area contributed by atoms with Crippen molar-refractivity contribution in [3.8, 4) is 0 Å². The van der Waals surface area contributed by atoms with Gasteiger partial charge in [0.1, 0.15) is 0 Å². The van der Waals surface area contributed by atoms with E-state index in [2.05, 4.69) is 12.2 Å². The fraction of sp³-hybridized carbons (Fsp3) is 0.846. The van der Waals surface area contributed by atoms with Crippen molar-refractivity contribution in [1.82, 2.24) is 10.2 Å². The molecule has 1 atom stereocenters. The first-order valence-electron chi connectivity index (χ1n) is 6.84. The largest absolute Gasteiger partial charge is 0.481 e. The van der Waals surface area contributed by atoms with Crippen molar-refractivity contribution < 1.29 is 14.7 Å². The highest BCUT2D eigenvalue weighted by atomic mass is 16.4. The van der Waals surface area contributed by atoms with Gasteiger partial charge in [0.2, 0.25) is 0 Å². The second-order valence-corrected chi connectivity index (χ2v) is 4.97. The van der Waals surface area contributed by atoms with Crippen LogP contribution in [0.1, 0.15) is 39.5 Å². The Kier molecular flexibility index (Phi) is 5.95. The molecule has 0 aliphatic carbocycles. The Bertz CT molecular complexity index is 286. The Balaban J connectivity index is 2.31. The molecule has 2 N–H and O–H groups in total. The number of carboxylic acids is 1. The summed E-state index contributed by atoms with van der Waals surface area (Å²) >= 11 is 0. The van der Waals surface area contributed by atoms with Crippen molar-refractivity contribution >= 4 is 12.0 Å². The lowest BCUT2D eigenvalue weighted by Crippen LogP contribution is -2.46. The van der Waals surface area contributed by atoms with Crippen LogP contribution in [-0.4, -0.2) is 41.6 Å². The number of nitrogens with one attached hydrogen (secondary N) is 1.